The summed E-state index contributed by atoms with van der Waals surface area (Å²) in [5.41, 5.74) is 0. The maximum absolute atomic E-state index is 10.8. The predicted octanol–water partition coefficient (Wildman–Crippen LogP) is -0.320. The molecule has 5 nitrogen and oxygen atoms in total. The van der Waals surface area contributed by atoms with Crippen LogP contribution in [0, 0.1) is 0 Å². The number of ether oxygens (including phenoxy) is 2. The van der Waals surface area contributed by atoms with Gasteiger partial charge in [0.25, 0.3) is 0 Å². The Hall–Kier alpha value is -1.39. The molecule has 0 saturated heterocycles. The lowest BCUT2D eigenvalue weighted by Crippen LogP contribution is -2.26. The van der Waals surface area contributed by atoms with Crippen LogP contribution in [0.25, 0.3) is 0 Å². The van der Waals surface area contributed by atoms with Crippen molar-refractivity contribution < 1.29 is 23.9 Å². The minimum absolute atomic E-state index is 0.00424. The maximum Gasteiger partial charge on any atom is 0.372 e. The summed E-state index contributed by atoms with van der Waals surface area (Å²) in [7, 11) is 0. The standard InChI is InChI=1S/C7H10O5/c1-3-11-7(10)5(2)12-6(9)4-8/h4-5H,3H2,1-2H3/t5-/m0/s1. The molecule has 0 rings (SSSR count). The summed E-state index contributed by atoms with van der Waals surface area (Å²) in [6.45, 7) is 3.17. The summed E-state index contributed by atoms with van der Waals surface area (Å²) < 4.78 is 8.85. The lowest BCUT2D eigenvalue weighted by Gasteiger charge is -2.08. The van der Waals surface area contributed by atoms with Crippen LogP contribution in [0.1, 0.15) is 13.8 Å². The van der Waals surface area contributed by atoms with Crippen molar-refractivity contribution in [1.82, 2.24) is 0 Å². The van der Waals surface area contributed by atoms with Crippen molar-refractivity contribution >= 4 is 18.2 Å². The third kappa shape index (κ3) is 3.70. The van der Waals surface area contributed by atoms with Gasteiger partial charge >= 0.3 is 11.9 Å². The van der Waals surface area contributed by atoms with Crippen LogP contribution in [0.5, 0.6) is 0 Å². The Bertz CT molecular complexity index is 186. The third-order valence-corrected chi connectivity index (χ3v) is 1.01. The van der Waals surface area contributed by atoms with Gasteiger partial charge in [0.15, 0.2) is 6.10 Å². The monoisotopic (exact) mass is 174 g/mol. The van der Waals surface area contributed by atoms with E-state index in [2.05, 4.69) is 9.47 Å². The SMILES string of the molecule is CCOC(=O)[C@H](C)OC(=O)C=O. The second kappa shape index (κ2) is 5.29. The van der Waals surface area contributed by atoms with E-state index in [-0.39, 0.29) is 12.9 Å². The lowest BCUT2D eigenvalue weighted by atomic mass is 10.4. The number of carbonyl (C=O) groups is 3. The fourth-order valence-electron chi connectivity index (χ4n) is 0.510. The quantitative estimate of drug-likeness (QED) is 0.332. The van der Waals surface area contributed by atoms with Crippen molar-refractivity contribution in [2.24, 2.45) is 0 Å². The zero-order valence-corrected chi connectivity index (χ0v) is 6.90. The summed E-state index contributed by atoms with van der Waals surface area (Å²) >= 11 is 0. The second-order valence-electron chi connectivity index (χ2n) is 1.95. The van der Waals surface area contributed by atoms with Crippen LogP contribution in [0.2, 0.25) is 0 Å². The molecule has 0 fully saturated rings. The van der Waals surface area contributed by atoms with Gasteiger partial charge in [-0.15, -0.1) is 0 Å². The summed E-state index contributed by atoms with van der Waals surface area (Å²) in [5, 5.41) is 0. The van der Waals surface area contributed by atoms with Crippen molar-refractivity contribution in [2.75, 3.05) is 6.61 Å². The highest BCUT2D eigenvalue weighted by molar-refractivity contribution is 6.20. The second-order valence-corrected chi connectivity index (χ2v) is 1.95. The molecule has 0 aliphatic carbocycles. The number of hydrogen-bond donors (Lipinski definition) is 0. The molecule has 68 valence electrons. The number of aldehydes is 1. The van der Waals surface area contributed by atoms with Gasteiger partial charge in [-0.25, -0.2) is 9.59 Å². The minimum Gasteiger partial charge on any atom is -0.463 e. The van der Waals surface area contributed by atoms with Crippen molar-refractivity contribution in [3.8, 4) is 0 Å². The molecule has 12 heavy (non-hydrogen) atoms. The topological polar surface area (TPSA) is 69.7 Å². The van der Waals surface area contributed by atoms with E-state index < -0.39 is 18.0 Å². The first kappa shape index (κ1) is 10.6. The Balaban J connectivity index is 3.85. The first-order valence-corrected chi connectivity index (χ1v) is 3.44. The van der Waals surface area contributed by atoms with Gasteiger partial charge in [-0.1, -0.05) is 0 Å². The first-order valence-electron chi connectivity index (χ1n) is 3.44. The highest BCUT2D eigenvalue weighted by atomic mass is 16.6. The van der Waals surface area contributed by atoms with Gasteiger partial charge in [-0.05, 0) is 13.8 Å². The molecule has 0 saturated carbocycles. The van der Waals surface area contributed by atoms with E-state index >= 15 is 0 Å². The fourth-order valence-corrected chi connectivity index (χ4v) is 0.510. The highest BCUT2D eigenvalue weighted by Gasteiger charge is 2.17. The van der Waals surface area contributed by atoms with Crippen LogP contribution < -0.4 is 0 Å². The highest BCUT2D eigenvalue weighted by Crippen LogP contribution is 1.93. The van der Waals surface area contributed by atoms with Crippen molar-refractivity contribution in [3.63, 3.8) is 0 Å². The molecular weight excluding hydrogens is 164 g/mol. The van der Waals surface area contributed by atoms with Crippen LogP contribution in [0.4, 0.5) is 0 Å². The zero-order valence-electron chi connectivity index (χ0n) is 6.90. The molecule has 0 aromatic heterocycles. The van der Waals surface area contributed by atoms with Gasteiger partial charge in [0.05, 0.1) is 6.61 Å². The summed E-state index contributed by atoms with van der Waals surface area (Å²) in [5.74, 6) is -1.73. The normalized spacial score (nSPS) is 11.5. The van der Waals surface area contributed by atoms with Crippen LogP contribution in [0.3, 0.4) is 0 Å². The smallest absolute Gasteiger partial charge is 0.372 e. The van der Waals surface area contributed by atoms with Crippen LogP contribution in [-0.2, 0) is 23.9 Å². The lowest BCUT2D eigenvalue weighted by molar-refractivity contribution is -0.166. The van der Waals surface area contributed by atoms with Gasteiger partial charge in [0, 0.05) is 0 Å². The molecule has 0 unspecified atom stereocenters. The van der Waals surface area contributed by atoms with Gasteiger partial charge in [-0.2, -0.15) is 0 Å². The summed E-state index contributed by atoms with van der Waals surface area (Å²) in [4.78, 5) is 30.9. The Labute approximate surface area is 69.6 Å². The van der Waals surface area contributed by atoms with Crippen LogP contribution in [0.15, 0.2) is 0 Å². The minimum atomic E-state index is -1.07. The molecule has 0 radical (unpaired) electrons. The van der Waals surface area contributed by atoms with E-state index in [1.807, 2.05) is 0 Å². The third-order valence-electron chi connectivity index (χ3n) is 1.01. The van der Waals surface area contributed by atoms with Crippen LogP contribution in [-0.4, -0.2) is 30.9 Å². The van der Waals surface area contributed by atoms with E-state index in [1.165, 1.54) is 6.92 Å². The number of hydrogen-bond acceptors (Lipinski definition) is 5. The molecule has 0 bridgehead atoms. The van der Waals surface area contributed by atoms with Crippen LogP contribution >= 0.6 is 0 Å². The molecule has 0 aliphatic heterocycles. The average Bonchev–Trinajstić information content (AvgIpc) is 2.04. The summed E-state index contributed by atoms with van der Waals surface area (Å²) in [6, 6.07) is 0. The molecule has 0 aromatic rings. The number of rotatable bonds is 4. The average molecular weight is 174 g/mol. The Morgan fingerprint density at radius 1 is 1.50 bits per heavy atom. The molecular formula is C7H10O5. The first-order chi connectivity index (χ1) is 5.61. The molecule has 1 atom stereocenters. The van der Waals surface area contributed by atoms with Gasteiger partial charge in [0.1, 0.15) is 0 Å². The van der Waals surface area contributed by atoms with Crippen molar-refractivity contribution in [3.05, 3.63) is 0 Å². The molecule has 0 aliphatic rings. The molecule has 0 aromatic carbocycles. The molecule has 0 heterocycles. The van der Waals surface area contributed by atoms with E-state index in [0.717, 1.165) is 0 Å². The van der Waals surface area contributed by atoms with Crippen molar-refractivity contribution in [1.29, 1.82) is 0 Å². The Morgan fingerprint density at radius 2 is 2.08 bits per heavy atom. The van der Waals surface area contributed by atoms with Gasteiger partial charge < -0.3 is 9.47 Å². The molecule has 5 heteroatoms. The number of carbonyl (C=O) groups excluding carboxylic acids is 3. The molecule has 0 amide bonds. The largest absolute Gasteiger partial charge is 0.463 e. The Kier molecular flexibility index (Phi) is 4.67. The molecule has 0 spiro atoms. The maximum atomic E-state index is 10.8. The van der Waals surface area contributed by atoms with E-state index in [0.29, 0.717) is 0 Å². The van der Waals surface area contributed by atoms with E-state index in [1.54, 1.807) is 6.92 Å². The van der Waals surface area contributed by atoms with Crippen molar-refractivity contribution in [2.45, 2.75) is 20.0 Å². The molecule has 0 N–H and O–H groups in total. The Morgan fingerprint density at radius 3 is 2.50 bits per heavy atom. The zero-order chi connectivity index (χ0) is 9.56. The van der Waals surface area contributed by atoms with E-state index in [9.17, 15) is 14.4 Å². The predicted molar refractivity (Wildman–Crippen MR) is 38.3 cm³/mol. The van der Waals surface area contributed by atoms with E-state index in [4.69, 9.17) is 0 Å². The number of esters is 2. The fraction of sp³-hybridized carbons (Fsp3) is 0.571. The van der Waals surface area contributed by atoms with Gasteiger partial charge in [-0.3, -0.25) is 4.79 Å². The van der Waals surface area contributed by atoms with Gasteiger partial charge in [0.2, 0.25) is 6.29 Å². The summed E-state index contributed by atoms with van der Waals surface area (Å²) in [6.07, 6.45) is -1.03.